The summed E-state index contributed by atoms with van der Waals surface area (Å²) in [5.41, 5.74) is 3.44. The molecule has 0 aliphatic carbocycles. The van der Waals surface area contributed by atoms with Gasteiger partial charge in [-0.05, 0) is 62.1 Å². The van der Waals surface area contributed by atoms with Crippen LogP contribution in [-0.4, -0.2) is 50.0 Å². The highest BCUT2D eigenvalue weighted by Gasteiger charge is 2.31. The van der Waals surface area contributed by atoms with Gasteiger partial charge in [-0.15, -0.1) is 0 Å². The van der Waals surface area contributed by atoms with E-state index < -0.39 is 16.1 Å². The fourth-order valence-electron chi connectivity index (χ4n) is 4.50. The van der Waals surface area contributed by atoms with Gasteiger partial charge in [-0.25, -0.2) is 8.42 Å². The second-order valence-corrected chi connectivity index (χ2v) is 13.3. The number of rotatable bonds is 14. The number of sulfonamides is 1. The lowest BCUT2D eigenvalue weighted by atomic mass is 10.0. The minimum atomic E-state index is -3.55. The number of benzene rings is 3. The van der Waals surface area contributed by atoms with Crippen LogP contribution in [0.3, 0.4) is 0 Å². The van der Waals surface area contributed by atoms with E-state index in [-0.39, 0.29) is 37.4 Å². The van der Waals surface area contributed by atoms with Gasteiger partial charge < -0.3 is 10.2 Å². The molecule has 0 fully saturated rings. The molecule has 0 spiro atoms. The predicted molar refractivity (Wildman–Crippen MR) is 169 cm³/mol. The third kappa shape index (κ3) is 10.0. The van der Waals surface area contributed by atoms with Gasteiger partial charge in [-0.2, -0.15) is 0 Å². The van der Waals surface area contributed by atoms with Gasteiger partial charge >= 0.3 is 0 Å². The van der Waals surface area contributed by atoms with Crippen molar-refractivity contribution in [1.82, 2.24) is 10.2 Å². The molecule has 2 amide bonds. The minimum Gasteiger partial charge on any atom is -0.352 e. The van der Waals surface area contributed by atoms with E-state index in [0.29, 0.717) is 18.5 Å². The number of aryl methyl sites for hydroxylation is 1. The number of carbonyl (C=O) groups excluding carboxylic acids is 2. The largest absolute Gasteiger partial charge is 0.352 e. The van der Waals surface area contributed by atoms with Crippen molar-refractivity contribution in [2.75, 3.05) is 17.1 Å². The number of halogens is 1. The standard InChI is InChI=1S/C32H40BrN3O4S/c1-5-25(3)34-32(38)30(22-26-10-7-6-8-11-26)35(23-27-15-17-28(33)18-16-27)31(37)12-9-21-36(41(4,39)40)29-19-13-24(2)14-20-29/h6-8,10-11,13-20,25,30H,5,9,12,21-23H2,1-4H3,(H,34,38)/t25-,30+/m0/s1. The Morgan fingerprint density at radius 1 is 0.927 bits per heavy atom. The lowest BCUT2D eigenvalue weighted by molar-refractivity contribution is -0.141. The third-order valence-corrected chi connectivity index (χ3v) is 8.74. The molecular weight excluding hydrogens is 602 g/mol. The zero-order chi connectivity index (χ0) is 30.0. The van der Waals surface area contributed by atoms with Crippen LogP contribution >= 0.6 is 15.9 Å². The van der Waals surface area contributed by atoms with Crippen LogP contribution in [0.15, 0.2) is 83.3 Å². The number of nitrogens with one attached hydrogen (secondary N) is 1. The Labute approximate surface area is 253 Å². The molecular formula is C32H40BrN3O4S. The highest BCUT2D eigenvalue weighted by atomic mass is 79.9. The van der Waals surface area contributed by atoms with Gasteiger partial charge in [0.2, 0.25) is 21.8 Å². The summed E-state index contributed by atoms with van der Waals surface area (Å²) in [5.74, 6) is -0.406. The first-order valence-electron chi connectivity index (χ1n) is 13.9. The first-order valence-corrected chi connectivity index (χ1v) is 16.5. The van der Waals surface area contributed by atoms with Crippen molar-refractivity contribution in [1.29, 1.82) is 0 Å². The number of carbonyl (C=O) groups is 2. The Morgan fingerprint density at radius 2 is 1.56 bits per heavy atom. The van der Waals surface area contributed by atoms with Gasteiger partial charge in [-0.3, -0.25) is 13.9 Å². The van der Waals surface area contributed by atoms with Gasteiger partial charge in [0.05, 0.1) is 11.9 Å². The van der Waals surface area contributed by atoms with Crippen LogP contribution in [-0.2, 0) is 32.6 Å². The summed E-state index contributed by atoms with van der Waals surface area (Å²) in [5, 5.41) is 3.07. The van der Waals surface area contributed by atoms with Crippen LogP contribution in [0.4, 0.5) is 5.69 Å². The number of hydrogen-bond acceptors (Lipinski definition) is 4. The molecule has 3 aromatic rings. The summed E-state index contributed by atoms with van der Waals surface area (Å²) in [4.78, 5) is 29.2. The summed E-state index contributed by atoms with van der Waals surface area (Å²) in [6, 6.07) is 23.9. The van der Waals surface area contributed by atoms with E-state index in [2.05, 4.69) is 21.2 Å². The van der Waals surface area contributed by atoms with Crippen molar-refractivity contribution in [3.05, 3.63) is 100 Å². The van der Waals surface area contributed by atoms with E-state index in [1.165, 1.54) is 10.6 Å². The Bertz CT molecular complexity index is 1380. The third-order valence-electron chi connectivity index (χ3n) is 7.01. The number of amides is 2. The molecule has 0 radical (unpaired) electrons. The molecule has 0 aromatic heterocycles. The van der Waals surface area contributed by atoms with Crippen LogP contribution in [0.1, 0.15) is 49.8 Å². The Balaban J connectivity index is 1.88. The molecule has 0 saturated heterocycles. The predicted octanol–water partition coefficient (Wildman–Crippen LogP) is 5.86. The van der Waals surface area contributed by atoms with Gasteiger partial charge in [0.25, 0.3) is 0 Å². The summed E-state index contributed by atoms with van der Waals surface area (Å²) in [6.45, 7) is 6.30. The van der Waals surface area contributed by atoms with E-state index in [1.807, 2.05) is 87.5 Å². The summed E-state index contributed by atoms with van der Waals surface area (Å²) in [6.07, 6.45) is 2.70. The maximum absolute atomic E-state index is 13.9. The molecule has 2 atom stereocenters. The van der Waals surface area contributed by atoms with Gasteiger partial charge in [0.1, 0.15) is 6.04 Å². The summed E-state index contributed by atoms with van der Waals surface area (Å²) in [7, 11) is -3.55. The highest BCUT2D eigenvalue weighted by molar-refractivity contribution is 9.10. The Hall–Kier alpha value is -3.17. The van der Waals surface area contributed by atoms with E-state index in [9.17, 15) is 18.0 Å². The van der Waals surface area contributed by atoms with Gasteiger partial charge in [-0.1, -0.05) is 83.0 Å². The van der Waals surface area contributed by atoms with E-state index in [0.717, 1.165) is 27.6 Å². The SMILES string of the molecule is CC[C@H](C)NC(=O)[C@@H](Cc1ccccc1)N(Cc1ccc(Br)cc1)C(=O)CCCN(c1ccc(C)cc1)S(C)(=O)=O. The fraction of sp³-hybridized carbons (Fsp3) is 0.375. The minimum absolute atomic E-state index is 0.0387. The van der Waals surface area contributed by atoms with Gasteiger partial charge in [0.15, 0.2) is 0 Å². The average molecular weight is 643 g/mol. The van der Waals surface area contributed by atoms with Crippen molar-refractivity contribution in [3.63, 3.8) is 0 Å². The van der Waals surface area contributed by atoms with Crippen molar-refractivity contribution >= 4 is 43.5 Å². The number of anilines is 1. The molecule has 3 aromatic carbocycles. The molecule has 0 unspecified atom stereocenters. The zero-order valence-electron chi connectivity index (χ0n) is 24.2. The van der Waals surface area contributed by atoms with Crippen LogP contribution in [0.5, 0.6) is 0 Å². The first-order chi connectivity index (χ1) is 19.5. The second-order valence-electron chi connectivity index (χ2n) is 10.4. The van der Waals surface area contributed by atoms with Crippen molar-refractivity contribution in [3.8, 4) is 0 Å². The molecule has 7 nitrogen and oxygen atoms in total. The number of hydrogen-bond donors (Lipinski definition) is 1. The Kier molecular flexibility index (Phi) is 12.0. The quantitative estimate of drug-likeness (QED) is 0.239. The maximum Gasteiger partial charge on any atom is 0.243 e. The average Bonchev–Trinajstić information content (AvgIpc) is 2.94. The molecule has 0 saturated carbocycles. The molecule has 0 aliphatic rings. The van der Waals surface area contributed by atoms with E-state index in [1.54, 1.807) is 17.0 Å². The maximum atomic E-state index is 13.9. The van der Waals surface area contributed by atoms with Crippen LogP contribution in [0.25, 0.3) is 0 Å². The summed E-state index contributed by atoms with van der Waals surface area (Å²) < 4.78 is 27.5. The molecule has 9 heteroatoms. The molecule has 1 N–H and O–H groups in total. The fourth-order valence-corrected chi connectivity index (χ4v) is 5.73. The number of nitrogens with zero attached hydrogens (tertiary/aromatic N) is 2. The first kappa shape index (κ1) is 32.3. The smallest absolute Gasteiger partial charge is 0.243 e. The normalized spacial score (nSPS) is 12.8. The lowest BCUT2D eigenvalue weighted by Gasteiger charge is -2.32. The molecule has 0 aliphatic heterocycles. The van der Waals surface area contributed by atoms with Crippen LogP contribution in [0.2, 0.25) is 0 Å². The molecule has 220 valence electrons. The van der Waals surface area contributed by atoms with E-state index in [4.69, 9.17) is 0 Å². The molecule has 41 heavy (non-hydrogen) atoms. The molecule has 0 heterocycles. The summed E-state index contributed by atoms with van der Waals surface area (Å²) >= 11 is 3.46. The second kappa shape index (κ2) is 15.2. The van der Waals surface area contributed by atoms with Crippen molar-refractivity contribution in [2.24, 2.45) is 0 Å². The van der Waals surface area contributed by atoms with E-state index >= 15 is 0 Å². The topological polar surface area (TPSA) is 86.8 Å². The van der Waals surface area contributed by atoms with Crippen LogP contribution < -0.4 is 9.62 Å². The molecule has 3 rings (SSSR count). The monoisotopic (exact) mass is 641 g/mol. The zero-order valence-corrected chi connectivity index (χ0v) is 26.6. The van der Waals surface area contributed by atoms with Gasteiger partial charge in [0, 0.05) is 36.4 Å². The van der Waals surface area contributed by atoms with Crippen molar-refractivity contribution < 1.29 is 18.0 Å². The highest BCUT2D eigenvalue weighted by Crippen LogP contribution is 2.21. The van der Waals surface area contributed by atoms with Crippen molar-refractivity contribution in [2.45, 2.75) is 65.1 Å². The van der Waals surface area contributed by atoms with Crippen LogP contribution in [0, 0.1) is 6.92 Å². The molecule has 0 bridgehead atoms. The Morgan fingerprint density at radius 3 is 2.15 bits per heavy atom. The lowest BCUT2D eigenvalue weighted by Crippen LogP contribution is -2.52.